The van der Waals surface area contributed by atoms with Gasteiger partial charge in [0.25, 0.3) is 5.91 Å². The van der Waals surface area contributed by atoms with Gasteiger partial charge in [0.1, 0.15) is 0 Å². The van der Waals surface area contributed by atoms with Gasteiger partial charge in [-0.1, -0.05) is 57.3 Å². The number of nitrogens with one attached hydrogen (secondary N) is 1. The summed E-state index contributed by atoms with van der Waals surface area (Å²) in [4.78, 5) is 17.2. The van der Waals surface area contributed by atoms with Gasteiger partial charge in [0, 0.05) is 22.7 Å². The molecule has 5 nitrogen and oxygen atoms in total. The molecule has 0 spiro atoms. The van der Waals surface area contributed by atoms with Gasteiger partial charge in [-0.3, -0.25) is 4.79 Å². The minimum atomic E-state index is -0.123. The van der Waals surface area contributed by atoms with Crippen molar-refractivity contribution in [3.05, 3.63) is 65.5 Å². The van der Waals surface area contributed by atoms with Crippen LogP contribution in [0.5, 0.6) is 0 Å². The summed E-state index contributed by atoms with van der Waals surface area (Å²) >= 11 is 0. The molecule has 0 saturated heterocycles. The van der Waals surface area contributed by atoms with Crippen molar-refractivity contribution in [3.8, 4) is 11.4 Å². The number of amides is 1. The van der Waals surface area contributed by atoms with Crippen molar-refractivity contribution in [1.82, 2.24) is 10.1 Å². The van der Waals surface area contributed by atoms with E-state index in [9.17, 15) is 4.79 Å². The third-order valence-electron chi connectivity index (χ3n) is 5.81. The molecule has 1 aliphatic carbocycles. The summed E-state index contributed by atoms with van der Waals surface area (Å²) in [6.07, 6.45) is 6.02. The molecule has 0 radical (unpaired) electrons. The molecule has 30 heavy (non-hydrogen) atoms. The first-order valence-electron chi connectivity index (χ1n) is 10.8. The number of rotatable bonds is 4. The van der Waals surface area contributed by atoms with E-state index in [1.807, 2.05) is 48.5 Å². The predicted molar refractivity (Wildman–Crippen MR) is 119 cm³/mol. The van der Waals surface area contributed by atoms with Crippen molar-refractivity contribution in [3.63, 3.8) is 0 Å². The maximum atomic E-state index is 12.6. The molecule has 156 valence electrons. The maximum Gasteiger partial charge on any atom is 0.255 e. The number of carbonyl (C=O) groups is 1. The van der Waals surface area contributed by atoms with Crippen molar-refractivity contribution in [2.45, 2.75) is 64.2 Å². The van der Waals surface area contributed by atoms with Crippen LogP contribution >= 0.6 is 0 Å². The van der Waals surface area contributed by atoms with Crippen molar-refractivity contribution >= 4 is 11.6 Å². The van der Waals surface area contributed by atoms with Gasteiger partial charge in [-0.25, -0.2) is 0 Å². The summed E-state index contributed by atoms with van der Waals surface area (Å²) in [5.41, 5.74) is 3.53. The van der Waals surface area contributed by atoms with Crippen molar-refractivity contribution in [2.75, 3.05) is 5.32 Å². The number of nitrogens with zero attached hydrogens (tertiary/aromatic N) is 2. The van der Waals surface area contributed by atoms with Gasteiger partial charge in [-0.2, -0.15) is 4.98 Å². The Bertz CT molecular complexity index is 992. The van der Waals surface area contributed by atoms with Gasteiger partial charge < -0.3 is 9.84 Å². The standard InChI is InChI=1S/C25H29N3O2/c1-25(2,3)20-13-9-18(10-14-20)23(29)26-21-15-11-17(12-16-21)22-27-24(30-28-22)19-7-5-4-6-8-19/h9-16,19H,4-8H2,1-3H3,(H,26,29). The van der Waals surface area contributed by atoms with Gasteiger partial charge in [-0.15, -0.1) is 0 Å². The fraction of sp³-hybridized carbons (Fsp3) is 0.400. The average molecular weight is 404 g/mol. The summed E-state index contributed by atoms with van der Waals surface area (Å²) in [5, 5.41) is 7.10. The topological polar surface area (TPSA) is 68.0 Å². The lowest BCUT2D eigenvalue weighted by Crippen LogP contribution is -2.14. The first-order chi connectivity index (χ1) is 14.4. The van der Waals surface area contributed by atoms with E-state index in [4.69, 9.17) is 4.52 Å². The normalized spacial score (nSPS) is 15.2. The van der Waals surface area contributed by atoms with Crippen LogP contribution in [0.4, 0.5) is 5.69 Å². The van der Waals surface area contributed by atoms with E-state index in [2.05, 4.69) is 36.2 Å². The Labute approximate surface area is 177 Å². The Morgan fingerprint density at radius 3 is 2.27 bits per heavy atom. The third kappa shape index (κ3) is 4.61. The molecule has 1 heterocycles. The zero-order valence-electron chi connectivity index (χ0n) is 17.9. The number of aromatic nitrogens is 2. The van der Waals surface area contributed by atoms with E-state index in [1.54, 1.807) is 0 Å². The SMILES string of the molecule is CC(C)(C)c1ccc(C(=O)Nc2ccc(-c3noc(C4CCCCC4)n3)cc2)cc1. The van der Waals surface area contributed by atoms with Crippen LogP contribution in [-0.4, -0.2) is 16.0 Å². The van der Waals surface area contributed by atoms with Gasteiger partial charge in [0.05, 0.1) is 0 Å². The number of carbonyl (C=O) groups excluding carboxylic acids is 1. The van der Waals surface area contributed by atoms with Gasteiger partial charge in [0.2, 0.25) is 11.7 Å². The molecule has 1 N–H and O–H groups in total. The lowest BCUT2D eigenvalue weighted by Gasteiger charge is -2.19. The van der Waals surface area contributed by atoms with Crippen LogP contribution in [0.15, 0.2) is 53.1 Å². The molecular formula is C25H29N3O2. The summed E-state index contributed by atoms with van der Waals surface area (Å²) < 4.78 is 5.51. The van der Waals surface area contributed by atoms with E-state index in [0.29, 0.717) is 17.3 Å². The minimum Gasteiger partial charge on any atom is -0.339 e. The largest absolute Gasteiger partial charge is 0.339 e. The molecule has 5 heteroatoms. The Kier molecular flexibility index (Phi) is 5.71. The molecule has 4 rings (SSSR count). The van der Waals surface area contributed by atoms with Crippen LogP contribution in [0.3, 0.4) is 0 Å². The summed E-state index contributed by atoms with van der Waals surface area (Å²) in [5.74, 6) is 1.62. The number of anilines is 1. The Morgan fingerprint density at radius 2 is 1.63 bits per heavy atom. The molecule has 1 aliphatic rings. The number of hydrogen-bond acceptors (Lipinski definition) is 4. The quantitative estimate of drug-likeness (QED) is 0.552. The average Bonchev–Trinajstić information content (AvgIpc) is 3.25. The molecule has 1 amide bonds. The zero-order chi connectivity index (χ0) is 21.1. The van der Waals surface area contributed by atoms with E-state index in [1.165, 1.54) is 24.8 Å². The molecular weight excluding hydrogens is 374 g/mol. The van der Waals surface area contributed by atoms with Crippen LogP contribution in [0, 0.1) is 0 Å². The smallest absolute Gasteiger partial charge is 0.255 e. The molecule has 0 bridgehead atoms. The van der Waals surface area contributed by atoms with E-state index in [0.717, 1.165) is 30.0 Å². The summed E-state index contributed by atoms with van der Waals surface area (Å²) in [7, 11) is 0. The second-order valence-electron chi connectivity index (χ2n) is 9.15. The lowest BCUT2D eigenvalue weighted by atomic mass is 9.87. The molecule has 1 saturated carbocycles. The molecule has 0 unspecified atom stereocenters. The molecule has 0 atom stereocenters. The monoisotopic (exact) mass is 403 g/mol. The fourth-order valence-electron chi connectivity index (χ4n) is 3.90. The second kappa shape index (κ2) is 8.42. The van der Waals surface area contributed by atoms with Crippen molar-refractivity contribution in [2.24, 2.45) is 0 Å². The second-order valence-corrected chi connectivity index (χ2v) is 9.15. The third-order valence-corrected chi connectivity index (χ3v) is 5.81. The van der Waals surface area contributed by atoms with Gasteiger partial charge >= 0.3 is 0 Å². The van der Waals surface area contributed by atoms with Crippen LogP contribution in [0.1, 0.15) is 80.6 Å². The number of hydrogen-bond donors (Lipinski definition) is 1. The molecule has 3 aromatic rings. The Balaban J connectivity index is 1.41. The highest BCUT2D eigenvalue weighted by molar-refractivity contribution is 6.04. The van der Waals surface area contributed by atoms with E-state index >= 15 is 0 Å². The van der Waals surface area contributed by atoms with Crippen LogP contribution in [0.25, 0.3) is 11.4 Å². The maximum absolute atomic E-state index is 12.6. The number of benzene rings is 2. The molecule has 2 aromatic carbocycles. The minimum absolute atomic E-state index is 0.0663. The molecule has 1 aromatic heterocycles. The predicted octanol–water partition coefficient (Wildman–Crippen LogP) is 6.33. The molecule has 1 fully saturated rings. The first kappa shape index (κ1) is 20.3. The highest BCUT2D eigenvalue weighted by Gasteiger charge is 2.22. The zero-order valence-corrected chi connectivity index (χ0v) is 17.9. The highest BCUT2D eigenvalue weighted by atomic mass is 16.5. The summed E-state index contributed by atoms with van der Waals surface area (Å²) in [6, 6.07) is 15.3. The summed E-state index contributed by atoms with van der Waals surface area (Å²) in [6.45, 7) is 6.47. The Hall–Kier alpha value is -2.95. The van der Waals surface area contributed by atoms with Crippen molar-refractivity contribution < 1.29 is 9.32 Å². The van der Waals surface area contributed by atoms with Crippen LogP contribution in [-0.2, 0) is 5.41 Å². The highest BCUT2D eigenvalue weighted by Crippen LogP contribution is 2.32. The van der Waals surface area contributed by atoms with E-state index < -0.39 is 0 Å². The van der Waals surface area contributed by atoms with E-state index in [-0.39, 0.29) is 11.3 Å². The van der Waals surface area contributed by atoms with Gasteiger partial charge in [-0.05, 0) is 60.2 Å². The lowest BCUT2D eigenvalue weighted by molar-refractivity contribution is 0.102. The van der Waals surface area contributed by atoms with Crippen LogP contribution < -0.4 is 5.32 Å². The van der Waals surface area contributed by atoms with Gasteiger partial charge in [0.15, 0.2) is 0 Å². The Morgan fingerprint density at radius 1 is 0.967 bits per heavy atom. The van der Waals surface area contributed by atoms with Crippen LogP contribution in [0.2, 0.25) is 0 Å². The molecule has 0 aliphatic heterocycles. The fourth-order valence-corrected chi connectivity index (χ4v) is 3.90. The first-order valence-corrected chi connectivity index (χ1v) is 10.8. The van der Waals surface area contributed by atoms with Crippen molar-refractivity contribution in [1.29, 1.82) is 0 Å².